The number of amides is 1. The predicted molar refractivity (Wildman–Crippen MR) is 89.2 cm³/mol. The van der Waals surface area contributed by atoms with Gasteiger partial charge in [0.2, 0.25) is 11.1 Å². The van der Waals surface area contributed by atoms with Gasteiger partial charge in [-0.1, -0.05) is 54.9 Å². The SMILES string of the molecule is CNC(=O)[C@H](Cc1ccccc1)Sc1nnnn1C1CCCC1. The van der Waals surface area contributed by atoms with Crippen molar-refractivity contribution in [3.05, 3.63) is 35.9 Å². The Balaban J connectivity index is 1.76. The van der Waals surface area contributed by atoms with Crippen LogP contribution in [0.5, 0.6) is 0 Å². The highest BCUT2D eigenvalue weighted by molar-refractivity contribution is 8.00. The lowest BCUT2D eigenvalue weighted by Crippen LogP contribution is -2.31. The molecule has 1 aromatic heterocycles. The van der Waals surface area contributed by atoms with Crippen LogP contribution in [-0.4, -0.2) is 38.4 Å². The number of thioether (sulfide) groups is 1. The molecule has 6 nitrogen and oxygen atoms in total. The van der Waals surface area contributed by atoms with Crippen molar-refractivity contribution in [2.75, 3.05) is 7.05 Å². The summed E-state index contributed by atoms with van der Waals surface area (Å²) in [4.78, 5) is 12.3. The zero-order chi connectivity index (χ0) is 16.1. The van der Waals surface area contributed by atoms with Crippen molar-refractivity contribution < 1.29 is 4.79 Å². The summed E-state index contributed by atoms with van der Waals surface area (Å²) >= 11 is 1.45. The molecule has 1 saturated carbocycles. The molecule has 1 N–H and O–H groups in total. The highest BCUT2D eigenvalue weighted by Gasteiger charge is 2.26. The van der Waals surface area contributed by atoms with Gasteiger partial charge in [-0.2, -0.15) is 0 Å². The maximum atomic E-state index is 12.3. The molecule has 1 heterocycles. The Labute approximate surface area is 140 Å². The number of aromatic nitrogens is 4. The summed E-state index contributed by atoms with van der Waals surface area (Å²) in [6.07, 6.45) is 5.32. The van der Waals surface area contributed by atoms with E-state index in [1.165, 1.54) is 24.6 Å². The summed E-state index contributed by atoms with van der Waals surface area (Å²) < 4.78 is 1.90. The van der Waals surface area contributed by atoms with E-state index in [9.17, 15) is 4.79 Å². The second-order valence-electron chi connectivity index (χ2n) is 5.75. The summed E-state index contributed by atoms with van der Waals surface area (Å²) in [7, 11) is 1.67. The van der Waals surface area contributed by atoms with Crippen molar-refractivity contribution in [2.45, 2.75) is 48.6 Å². The Bertz CT molecular complexity index is 639. The van der Waals surface area contributed by atoms with Gasteiger partial charge in [-0.05, 0) is 35.3 Å². The summed E-state index contributed by atoms with van der Waals surface area (Å²) in [6, 6.07) is 10.4. The number of tetrazole rings is 1. The average Bonchev–Trinajstić information content (AvgIpc) is 3.25. The lowest BCUT2D eigenvalue weighted by Gasteiger charge is -2.16. The van der Waals surface area contributed by atoms with E-state index in [2.05, 4.69) is 20.8 Å². The minimum Gasteiger partial charge on any atom is -0.358 e. The number of rotatable bonds is 6. The quantitative estimate of drug-likeness (QED) is 0.822. The van der Waals surface area contributed by atoms with Gasteiger partial charge in [-0.25, -0.2) is 4.68 Å². The molecule has 1 aliphatic rings. The fraction of sp³-hybridized carbons (Fsp3) is 0.500. The second-order valence-corrected chi connectivity index (χ2v) is 6.92. The lowest BCUT2D eigenvalue weighted by molar-refractivity contribution is -0.120. The first-order valence-corrected chi connectivity index (χ1v) is 8.86. The van der Waals surface area contributed by atoms with Gasteiger partial charge in [0.25, 0.3) is 0 Å². The van der Waals surface area contributed by atoms with Crippen molar-refractivity contribution in [3.8, 4) is 0 Å². The normalized spacial score (nSPS) is 16.4. The van der Waals surface area contributed by atoms with Gasteiger partial charge < -0.3 is 5.32 Å². The molecular weight excluding hydrogens is 310 g/mol. The van der Waals surface area contributed by atoms with Crippen LogP contribution in [0.4, 0.5) is 0 Å². The maximum Gasteiger partial charge on any atom is 0.233 e. The number of nitrogens with one attached hydrogen (secondary N) is 1. The van der Waals surface area contributed by atoms with Crippen molar-refractivity contribution in [1.29, 1.82) is 0 Å². The van der Waals surface area contributed by atoms with Crippen molar-refractivity contribution in [1.82, 2.24) is 25.5 Å². The van der Waals surface area contributed by atoms with Gasteiger partial charge in [0, 0.05) is 7.05 Å². The maximum absolute atomic E-state index is 12.3. The van der Waals surface area contributed by atoms with Crippen LogP contribution in [0.2, 0.25) is 0 Å². The fourth-order valence-corrected chi connectivity index (χ4v) is 4.08. The van der Waals surface area contributed by atoms with E-state index in [-0.39, 0.29) is 11.2 Å². The van der Waals surface area contributed by atoms with Crippen LogP contribution in [0.1, 0.15) is 37.3 Å². The average molecular weight is 331 g/mol. The predicted octanol–water partition coefficient (Wildman–Crippen LogP) is 2.24. The molecular formula is C16H21N5OS. The Morgan fingerprint density at radius 3 is 2.78 bits per heavy atom. The van der Waals surface area contributed by atoms with E-state index in [1.54, 1.807) is 7.05 Å². The van der Waals surface area contributed by atoms with Gasteiger partial charge in [0.15, 0.2) is 0 Å². The molecule has 0 saturated heterocycles. The van der Waals surface area contributed by atoms with E-state index in [4.69, 9.17) is 0 Å². The smallest absolute Gasteiger partial charge is 0.233 e. The van der Waals surface area contributed by atoms with E-state index in [0.717, 1.165) is 23.6 Å². The molecule has 23 heavy (non-hydrogen) atoms. The molecule has 7 heteroatoms. The zero-order valence-corrected chi connectivity index (χ0v) is 14.0. The summed E-state index contributed by atoms with van der Waals surface area (Å²) in [5.41, 5.74) is 1.13. The molecule has 3 rings (SSSR count). The van der Waals surface area contributed by atoms with Crippen LogP contribution in [-0.2, 0) is 11.2 Å². The Morgan fingerprint density at radius 2 is 2.09 bits per heavy atom. The van der Waals surface area contributed by atoms with Crippen LogP contribution in [0.25, 0.3) is 0 Å². The van der Waals surface area contributed by atoms with E-state index in [0.29, 0.717) is 12.5 Å². The second kappa shape index (κ2) is 7.59. The number of hydrogen-bond donors (Lipinski definition) is 1. The number of carbonyl (C=O) groups is 1. The first-order valence-electron chi connectivity index (χ1n) is 7.98. The van der Waals surface area contributed by atoms with Gasteiger partial charge in [0.1, 0.15) is 0 Å². The van der Waals surface area contributed by atoms with Crippen molar-refractivity contribution in [2.24, 2.45) is 0 Å². The van der Waals surface area contributed by atoms with Crippen molar-refractivity contribution >= 4 is 17.7 Å². The highest BCUT2D eigenvalue weighted by atomic mass is 32.2. The van der Waals surface area contributed by atoms with Crippen molar-refractivity contribution in [3.63, 3.8) is 0 Å². The molecule has 0 spiro atoms. The first-order chi connectivity index (χ1) is 11.3. The van der Waals surface area contributed by atoms with Crippen LogP contribution in [0.3, 0.4) is 0 Å². The van der Waals surface area contributed by atoms with Crippen LogP contribution >= 0.6 is 11.8 Å². The third-order valence-corrected chi connectivity index (χ3v) is 5.33. The first kappa shape index (κ1) is 16.0. The van der Waals surface area contributed by atoms with Gasteiger partial charge >= 0.3 is 0 Å². The molecule has 0 radical (unpaired) electrons. The molecule has 1 aromatic carbocycles. The number of carbonyl (C=O) groups excluding carboxylic acids is 1. The summed E-state index contributed by atoms with van der Waals surface area (Å²) in [5, 5.41) is 15.4. The molecule has 2 aromatic rings. The van der Waals surface area contributed by atoms with Gasteiger partial charge in [-0.15, -0.1) is 5.10 Å². The standard InChI is InChI=1S/C16H21N5OS/c1-17-15(22)14(11-12-7-3-2-4-8-12)23-16-18-19-20-21(16)13-9-5-6-10-13/h2-4,7-8,13-14H,5-6,9-11H2,1H3,(H,17,22)/t14-/m0/s1. The molecule has 1 aliphatic carbocycles. The minimum atomic E-state index is -0.242. The summed E-state index contributed by atoms with van der Waals surface area (Å²) in [5.74, 6) is -0.000162. The molecule has 0 aliphatic heterocycles. The highest BCUT2D eigenvalue weighted by Crippen LogP contribution is 2.33. The molecule has 0 bridgehead atoms. The number of hydrogen-bond acceptors (Lipinski definition) is 5. The molecule has 1 amide bonds. The summed E-state index contributed by atoms with van der Waals surface area (Å²) in [6.45, 7) is 0. The third kappa shape index (κ3) is 3.90. The van der Waals surface area contributed by atoms with E-state index >= 15 is 0 Å². The lowest BCUT2D eigenvalue weighted by atomic mass is 10.1. The fourth-order valence-electron chi connectivity index (χ4n) is 2.95. The van der Waals surface area contributed by atoms with E-state index < -0.39 is 0 Å². The molecule has 0 unspecified atom stereocenters. The monoisotopic (exact) mass is 331 g/mol. The van der Waals surface area contributed by atoms with Gasteiger partial charge in [-0.3, -0.25) is 4.79 Å². The van der Waals surface area contributed by atoms with Gasteiger partial charge in [0.05, 0.1) is 11.3 Å². The van der Waals surface area contributed by atoms with E-state index in [1.807, 2.05) is 35.0 Å². The molecule has 1 atom stereocenters. The molecule has 122 valence electrons. The van der Waals surface area contributed by atoms with Crippen LogP contribution < -0.4 is 5.32 Å². The largest absolute Gasteiger partial charge is 0.358 e. The van der Waals surface area contributed by atoms with Crippen LogP contribution in [0, 0.1) is 0 Å². The zero-order valence-electron chi connectivity index (χ0n) is 13.2. The minimum absolute atomic E-state index is 0.000162. The van der Waals surface area contributed by atoms with Crippen LogP contribution in [0.15, 0.2) is 35.5 Å². The number of nitrogens with zero attached hydrogens (tertiary/aromatic N) is 4. The Hall–Kier alpha value is -1.89. The topological polar surface area (TPSA) is 72.7 Å². The molecule has 1 fully saturated rings. The Kier molecular flexibility index (Phi) is 5.27. The number of benzene rings is 1. The third-order valence-electron chi connectivity index (χ3n) is 4.18. The Morgan fingerprint density at radius 1 is 1.35 bits per heavy atom.